The lowest BCUT2D eigenvalue weighted by atomic mass is 9.42. The Kier molecular flexibility index (Phi) is 3.76. The van der Waals surface area contributed by atoms with E-state index in [4.69, 9.17) is 14.2 Å². The van der Waals surface area contributed by atoms with Crippen LogP contribution in [0.2, 0.25) is 0 Å². The van der Waals surface area contributed by atoms with E-state index in [1.807, 2.05) is 20.8 Å². The number of hydrogen-bond donors (Lipinski definition) is 0. The molecule has 0 radical (unpaired) electrons. The van der Waals surface area contributed by atoms with Gasteiger partial charge in [0, 0.05) is 11.8 Å². The summed E-state index contributed by atoms with van der Waals surface area (Å²) in [5, 5.41) is 0. The normalized spacial score (nSPS) is 48.9. The Morgan fingerprint density at radius 3 is 2.47 bits per heavy atom. The van der Waals surface area contributed by atoms with Crippen molar-refractivity contribution in [3.05, 3.63) is 23.3 Å². The number of rotatable bonds is 0. The molecule has 6 heteroatoms. The van der Waals surface area contributed by atoms with Crippen LogP contribution < -0.4 is 0 Å². The van der Waals surface area contributed by atoms with Gasteiger partial charge in [-0.3, -0.25) is 14.4 Å². The molecule has 0 spiro atoms. The highest BCUT2D eigenvalue weighted by atomic mass is 16.7. The van der Waals surface area contributed by atoms with Crippen LogP contribution in [0.1, 0.15) is 60.8 Å². The molecule has 4 fully saturated rings. The van der Waals surface area contributed by atoms with Crippen molar-refractivity contribution in [1.82, 2.24) is 0 Å². The SMILES string of the molecule is C[C@H]1O[C@@H]2OC(=O)[C@]3(C)C[C@@]4(C)C=C5CC(=O)OC(C)(C)C5=CC[C@]4(C)[C@H](C1=O)[C@H]23. The Labute approximate surface area is 177 Å². The molecule has 0 aromatic heterocycles. The van der Waals surface area contributed by atoms with Crippen LogP contribution in [-0.4, -0.2) is 35.7 Å². The number of allylic oxidation sites excluding steroid dienone is 2. The molecule has 5 rings (SSSR count). The molecule has 5 aliphatic rings. The van der Waals surface area contributed by atoms with E-state index in [0.29, 0.717) is 12.8 Å². The number of fused-ring (bicyclic) bond motifs is 3. The maximum absolute atomic E-state index is 13.5. The fourth-order valence-electron chi connectivity index (χ4n) is 7.10. The second-order valence-corrected chi connectivity index (χ2v) is 11.0. The van der Waals surface area contributed by atoms with Crippen molar-refractivity contribution in [2.24, 2.45) is 28.1 Å². The minimum Gasteiger partial charge on any atom is -0.455 e. The van der Waals surface area contributed by atoms with E-state index in [1.165, 1.54) is 0 Å². The Balaban J connectivity index is 1.73. The molecule has 0 bridgehead atoms. The monoisotopic (exact) mass is 414 g/mol. The van der Waals surface area contributed by atoms with Crippen molar-refractivity contribution in [2.75, 3.05) is 0 Å². The molecule has 1 saturated carbocycles. The highest BCUT2D eigenvalue weighted by Gasteiger charge is 2.73. The number of hydrogen-bond acceptors (Lipinski definition) is 6. The van der Waals surface area contributed by atoms with Crippen molar-refractivity contribution in [3.63, 3.8) is 0 Å². The minimum absolute atomic E-state index is 0.0439. The second-order valence-electron chi connectivity index (χ2n) is 11.0. The lowest BCUT2D eigenvalue weighted by Crippen LogP contribution is -2.63. The van der Waals surface area contributed by atoms with Crippen molar-refractivity contribution in [3.8, 4) is 0 Å². The third-order valence-electron chi connectivity index (χ3n) is 8.77. The molecule has 0 unspecified atom stereocenters. The summed E-state index contributed by atoms with van der Waals surface area (Å²) in [5.41, 5.74) is -0.443. The van der Waals surface area contributed by atoms with Crippen LogP contribution in [0.15, 0.2) is 23.3 Å². The zero-order valence-corrected chi connectivity index (χ0v) is 18.5. The topological polar surface area (TPSA) is 78.9 Å². The number of carbonyl (C=O) groups is 3. The standard InChI is InChI=1S/C24H30O6/c1-12-18(26)16-17-19(28-12)29-20(27)23(17,5)11-22(4)10-13-9-15(25)30-21(2,3)14(13)7-8-24(16,22)6/h7,10,12,16-17,19H,8-9,11H2,1-6H3/t12-,16+,17-,19-,22-,23-,24-/m1/s1. The Morgan fingerprint density at radius 1 is 1.07 bits per heavy atom. The summed E-state index contributed by atoms with van der Waals surface area (Å²) >= 11 is 0. The predicted molar refractivity (Wildman–Crippen MR) is 107 cm³/mol. The van der Waals surface area contributed by atoms with E-state index >= 15 is 0 Å². The van der Waals surface area contributed by atoms with Crippen molar-refractivity contribution < 1.29 is 28.6 Å². The maximum atomic E-state index is 13.5. The van der Waals surface area contributed by atoms with Crippen LogP contribution in [0, 0.1) is 28.1 Å². The van der Waals surface area contributed by atoms with Gasteiger partial charge in [0.15, 0.2) is 5.78 Å². The zero-order valence-electron chi connectivity index (χ0n) is 18.5. The van der Waals surface area contributed by atoms with Crippen LogP contribution in [-0.2, 0) is 28.6 Å². The molecule has 7 atom stereocenters. The Hall–Kier alpha value is -1.95. The van der Waals surface area contributed by atoms with Crippen molar-refractivity contribution in [2.45, 2.75) is 78.8 Å². The van der Waals surface area contributed by atoms with Crippen LogP contribution in [0.25, 0.3) is 0 Å². The second kappa shape index (κ2) is 5.64. The molecule has 0 N–H and O–H groups in total. The Morgan fingerprint density at radius 2 is 1.77 bits per heavy atom. The lowest BCUT2D eigenvalue weighted by Gasteiger charge is -2.60. The van der Waals surface area contributed by atoms with Gasteiger partial charge in [-0.2, -0.15) is 0 Å². The summed E-state index contributed by atoms with van der Waals surface area (Å²) in [4.78, 5) is 38.9. The summed E-state index contributed by atoms with van der Waals surface area (Å²) < 4.78 is 17.1. The maximum Gasteiger partial charge on any atom is 0.314 e. The smallest absolute Gasteiger partial charge is 0.314 e. The average molecular weight is 414 g/mol. The van der Waals surface area contributed by atoms with Gasteiger partial charge in [0.1, 0.15) is 11.7 Å². The molecular formula is C24H30O6. The quantitative estimate of drug-likeness (QED) is 0.565. The molecule has 6 nitrogen and oxygen atoms in total. The van der Waals surface area contributed by atoms with E-state index in [1.54, 1.807) is 6.92 Å². The van der Waals surface area contributed by atoms with Crippen molar-refractivity contribution in [1.29, 1.82) is 0 Å². The molecular weight excluding hydrogens is 384 g/mol. The summed E-state index contributed by atoms with van der Waals surface area (Å²) in [6.45, 7) is 11.8. The van der Waals surface area contributed by atoms with Gasteiger partial charge < -0.3 is 14.2 Å². The lowest BCUT2D eigenvalue weighted by molar-refractivity contribution is -0.225. The van der Waals surface area contributed by atoms with Gasteiger partial charge in [-0.25, -0.2) is 0 Å². The molecule has 0 aromatic carbocycles. The summed E-state index contributed by atoms with van der Waals surface area (Å²) in [7, 11) is 0. The van der Waals surface area contributed by atoms with Crippen LogP contribution in [0.3, 0.4) is 0 Å². The summed E-state index contributed by atoms with van der Waals surface area (Å²) in [5.74, 6) is -1.15. The molecule has 0 amide bonds. The van der Waals surface area contributed by atoms with E-state index in [2.05, 4.69) is 26.0 Å². The minimum atomic E-state index is -0.800. The van der Waals surface area contributed by atoms with Gasteiger partial charge in [-0.1, -0.05) is 26.0 Å². The van der Waals surface area contributed by atoms with Crippen LogP contribution >= 0.6 is 0 Å². The molecule has 3 heterocycles. The fraction of sp³-hybridized carbons (Fsp3) is 0.708. The largest absolute Gasteiger partial charge is 0.455 e. The van der Waals surface area contributed by atoms with E-state index in [9.17, 15) is 14.4 Å². The molecule has 2 aliphatic carbocycles. The van der Waals surface area contributed by atoms with Crippen LogP contribution in [0.5, 0.6) is 0 Å². The molecule has 0 aromatic rings. The number of esters is 2. The number of carbonyl (C=O) groups excluding carboxylic acids is 3. The first kappa shape index (κ1) is 20.0. The summed E-state index contributed by atoms with van der Waals surface area (Å²) in [6, 6.07) is 0. The number of ketones is 1. The number of cyclic esters (lactones) is 1. The molecule has 3 saturated heterocycles. The van der Waals surface area contributed by atoms with E-state index in [-0.39, 0.29) is 36.0 Å². The zero-order chi connectivity index (χ0) is 21.9. The number of Topliss-reactive ketones (excluding diaryl/α,β-unsaturated/α-hetero) is 1. The predicted octanol–water partition coefficient (Wildman–Crippen LogP) is 3.49. The van der Waals surface area contributed by atoms with Gasteiger partial charge in [-0.05, 0) is 62.5 Å². The highest BCUT2D eigenvalue weighted by Crippen LogP contribution is 2.69. The third-order valence-corrected chi connectivity index (χ3v) is 8.77. The summed E-state index contributed by atoms with van der Waals surface area (Å²) in [6.07, 6.45) is 4.47. The first-order valence-corrected chi connectivity index (χ1v) is 10.9. The van der Waals surface area contributed by atoms with Gasteiger partial charge in [0.25, 0.3) is 0 Å². The number of ether oxygens (including phenoxy) is 3. The first-order valence-electron chi connectivity index (χ1n) is 10.9. The highest BCUT2D eigenvalue weighted by molar-refractivity contribution is 5.90. The fourth-order valence-corrected chi connectivity index (χ4v) is 7.10. The van der Waals surface area contributed by atoms with E-state index < -0.39 is 34.2 Å². The molecule has 30 heavy (non-hydrogen) atoms. The molecule has 162 valence electrons. The van der Waals surface area contributed by atoms with Gasteiger partial charge in [0.05, 0.1) is 11.8 Å². The van der Waals surface area contributed by atoms with Gasteiger partial charge in [0.2, 0.25) is 6.29 Å². The van der Waals surface area contributed by atoms with E-state index in [0.717, 1.165) is 11.1 Å². The van der Waals surface area contributed by atoms with Gasteiger partial charge >= 0.3 is 11.9 Å². The van der Waals surface area contributed by atoms with Crippen molar-refractivity contribution >= 4 is 17.7 Å². The van der Waals surface area contributed by atoms with Gasteiger partial charge in [-0.15, -0.1) is 0 Å². The Bertz CT molecular complexity index is 943. The first-order chi connectivity index (χ1) is 13.8. The van der Waals surface area contributed by atoms with Crippen LogP contribution in [0.4, 0.5) is 0 Å². The third kappa shape index (κ3) is 2.26. The molecule has 3 aliphatic heterocycles. The average Bonchev–Trinajstić information content (AvgIpc) is 2.76.